The minimum absolute atomic E-state index is 0.255. The molecule has 1 fully saturated rings. The lowest BCUT2D eigenvalue weighted by Gasteiger charge is -2.26. The van der Waals surface area contributed by atoms with E-state index in [1.165, 1.54) is 5.56 Å². The lowest BCUT2D eigenvalue weighted by molar-refractivity contribution is 0.0696. The smallest absolute Gasteiger partial charge is 0.335 e. The second kappa shape index (κ2) is 10.3. The number of carboxylic acids is 1. The van der Waals surface area contributed by atoms with E-state index in [1.807, 2.05) is 24.3 Å². The Balaban J connectivity index is 1.21. The number of aryl methyl sites for hydroxylation is 1. The Hall–Kier alpha value is -2.99. The Morgan fingerprint density at radius 1 is 0.947 bits per heavy atom. The molecule has 1 atom stereocenters. The summed E-state index contributed by atoms with van der Waals surface area (Å²) in [6.07, 6.45) is 4.66. The van der Waals surface area contributed by atoms with Gasteiger partial charge in [-0.1, -0.05) is 58.2 Å². The topological polar surface area (TPSA) is 72.6 Å². The molecule has 4 aromatic rings. The standard InChI is InChI=1S/C30H24Cl3NO4/c31-24-2-1-3-25(32)27(24)28-23(29(38-34-28)16-4-5-16)15-37-21-10-11-22(26(33)14-21)19-8-6-18-13-20(30(35)36)9-7-17(18)12-19/h1-3,7,9-11,13-14,16,19H,4-6,8,12,15H2,(H,35,36). The van der Waals surface area contributed by atoms with E-state index >= 15 is 0 Å². The lowest BCUT2D eigenvalue weighted by atomic mass is 9.79. The van der Waals surface area contributed by atoms with Crippen molar-refractivity contribution in [2.75, 3.05) is 0 Å². The fourth-order valence-electron chi connectivity index (χ4n) is 5.29. The largest absolute Gasteiger partial charge is 0.489 e. The quantitative estimate of drug-likeness (QED) is 0.241. The average Bonchev–Trinajstić information content (AvgIpc) is 3.67. The van der Waals surface area contributed by atoms with E-state index < -0.39 is 5.97 Å². The van der Waals surface area contributed by atoms with Crippen LogP contribution in [0.2, 0.25) is 15.1 Å². The molecule has 2 aliphatic carbocycles. The minimum atomic E-state index is -0.897. The first-order valence-corrected chi connectivity index (χ1v) is 13.7. The summed E-state index contributed by atoms with van der Waals surface area (Å²) < 4.78 is 11.9. The number of ether oxygens (including phenoxy) is 1. The number of hydrogen-bond acceptors (Lipinski definition) is 4. The highest BCUT2D eigenvalue weighted by Crippen LogP contribution is 2.46. The molecule has 5 nitrogen and oxygen atoms in total. The molecule has 0 bridgehead atoms. The summed E-state index contributed by atoms with van der Waals surface area (Å²) in [6, 6.07) is 16.6. The van der Waals surface area contributed by atoms with Crippen molar-refractivity contribution in [3.8, 4) is 17.0 Å². The number of rotatable bonds is 7. The molecule has 1 saturated carbocycles. The Kier molecular flexibility index (Phi) is 6.85. The van der Waals surface area contributed by atoms with Crippen molar-refractivity contribution in [2.45, 2.75) is 50.5 Å². The summed E-state index contributed by atoms with van der Waals surface area (Å²) in [5, 5.41) is 15.3. The number of carboxylic acid groups (broad SMARTS) is 1. The Bertz CT molecular complexity index is 1520. The molecule has 194 valence electrons. The first-order chi connectivity index (χ1) is 18.4. The third-order valence-corrected chi connectivity index (χ3v) is 8.40. The van der Waals surface area contributed by atoms with Crippen LogP contribution in [0.15, 0.2) is 59.1 Å². The molecule has 0 amide bonds. The van der Waals surface area contributed by atoms with Crippen LogP contribution in [0.1, 0.15) is 69.5 Å². The first kappa shape index (κ1) is 25.3. The summed E-state index contributed by atoms with van der Waals surface area (Å²) in [7, 11) is 0. The van der Waals surface area contributed by atoms with Crippen molar-refractivity contribution in [1.82, 2.24) is 5.16 Å². The molecule has 0 saturated heterocycles. The van der Waals surface area contributed by atoms with Crippen molar-refractivity contribution < 1.29 is 19.2 Å². The van der Waals surface area contributed by atoms with Gasteiger partial charge in [0, 0.05) is 16.5 Å². The fourth-order valence-corrected chi connectivity index (χ4v) is 6.19. The van der Waals surface area contributed by atoms with Crippen molar-refractivity contribution in [2.24, 2.45) is 0 Å². The monoisotopic (exact) mass is 567 g/mol. The zero-order chi connectivity index (χ0) is 26.4. The normalized spacial score (nSPS) is 16.8. The van der Waals surface area contributed by atoms with Crippen LogP contribution in [-0.2, 0) is 19.4 Å². The molecule has 2 aliphatic rings. The summed E-state index contributed by atoms with van der Waals surface area (Å²) in [5.74, 6) is 1.17. The number of aromatic nitrogens is 1. The zero-order valence-electron chi connectivity index (χ0n) is 20.3. The van der Waals surface area contributed by atoms with Gasteiger partial charge in [-0.2, -0.15) is 0 Å². The van der Waals surface area contributed by atoms with E-state index in [2.05, 4.69) is 5.16 Å². The number of carbonyl (C=O) groups is 1. The Labute approximate surface area is 235 Å². The third-order valence-electron chi connectivity index (χ3n) is 7.44. The van der Waals surface area contributed by atoms with Crippen LogP contribution in [0, 0.1) is 0 Å². The van der Waals surface area contributed by atoms with Crippen LogP contribution in [0.3, 0.4) is 0 Å². The first-order valence-electron chi connectivity index (χ1n) is 12.6. The van der Waals surface area contributed by atoms with E-state index in [0.717, 1.165) is 54.6 Å². The van der Waals surface area contributed by atoms with Gasteiger partial charge < -0.3 is 14.4 Å². The van der Waals surface area contributed by atoms with E-state index in [9.17, 15) is 9.90 Å². The fraction of sp³-hybridized carbons (Fsp3) is 0.267. The van der Waals surface area contributed by atoms with Gasteiger partial charge in [0.25, 0.3) is 0 Å². The van der Waals surface area contributed by atoms with Crippen LogP contribution in [0.4, 0.5) is 0 Å². The molecule has 1 aromatic heterocycles. The van der Waals surface area contributed by atoms with Gasteiger partial charge in [0.2, 0.25) is 0 Å². The molecule has 3 aromatic carbocycles. The third kappa shape index (κ3) is 4.91. The molecule has 0 spiro atoms. The van der Waals surface area contributed by atoms with Crippen molar-refractivity contribution in [3.05, 3.63) is 103 Å². The number of halogens is 3. The van der Waals surface area contributed by atoms with Gasteiger partial charge in [0.1, 0.15) is 23.8 Å². The maximum atomic E-state index is 11.3. The van der Waals surface area contributed by atoms with Gasteiger partial charge in [-0.25, -0.2) is 4.79 Å². The Morgan fingerprint density at radius 2 is 1.74 bits per heavy atom. The summed E-state index contributed by atoms with van der Waals surface area (Å²) in [5.41, 5.74) is 5.79. The van der Waals surface area contributed by atoms with Crippen molar-refractivity contribution >= 4 is 40.8 Å². The average molecular weight is 569 g/mol. The van der Waals surface area contributed by atoms with Gasteiger partial charge in [0.05, 0.1) is 21.2 Å². The van der Waals surface area contributed by atoms with E-state index in [0.29, 0.717) is 43.6 Å². The molecule has 0 radical (unpaired) electrons. The van der Waals surface area contributed by atoms with Gasteiger partial charge in [-0.15, -0.1) is 0 Å². The van der Waals surface area contributed by atoms with Crippen LogP contribution in [0.25, 0.3) is 11.3 Å². The highest BCUT2D eigenvalue weighted by Gasteiger charge is 2.34. The van der Waals surface area contributed by atoms with Gasteiger partial charge in [-0.05, 0) is 91.1 Å². The molecular weight excluding hydrogens is 545 g/mol. The predicted octanol–water partition coefficient (Wildman–Crippen LogP) is 8.73. The lowest BCUT2D eigenvalue weighted by Crippen LogP contribution is -2.14. The van der Waals surface area contributed by atoms with Gasteiger partial charge in [0.15, 0.2) is 0 Å². The SMILES string of the molecule is O=C(O)c1ccc2c(c1)CCC(c1ccc(OCc3c(-c4c(Cl)cccc4Cl)noc3C3CC3)cc1Cl)C2. The van der Waals surface area contributed by atoms with Crippen LogP contribution in [-0.4, -0.2) is 16.2 Å². The minimum Gasteiger partial charge on any atom is -0.489 e. The summed E-state index contributed by atoms with van der Waals surface area (Å²) >= 11 is 19.7. The van der Waals surface area contributed by atoms with Crippen LogP contribution < -0.4 is 4.74 Å². The molecule has 1 N–H and O–H groups in total. The van der Waals surface area contributed by atoms with Crippen LogP contribution >= 0.6 is 34.8 Å². The second-order valence-electron chi connectivity index (χ2n) is 9.95. The number of benzene rings is 3. The number of nitrogens with zero attached hydrogens (tertiary/aromatic N) is 1. The molecule has 1 unspecified atom stereocenters. The van der Waals surface area contributed by atoms with E-state index in [-0.39, 0.29) is 12.5 Å². The van der Waals surface area contributed by atoms with Crippen LogP contribution in [0.5, 0.6) is 5.75 Å². The maximum absolute atomic E-state index is 11.3. The van der Waals surface area contributed by atoms with Crippen molar-refractivity contribution in [3.63, 3.8) is 0 Å². The summed E-state index contributed by atoms with van der Waals surface area (Å²) in [4.78, 5) is 11.3. The van der Waals surface area contributed by atoms with Gasteiger partial charge in [-0.3, -0.25) is 0 Å². The van der Waals surface area contributed by atoms with Crippen molar-refractivity contribution in [1.29, 1.82) is 0 Å². The predicted molar refractivity (Wildman–Crippen MR) is 148 cm³/mol. The zero-order valence-corrected chi connectivity index (χ0v) is 22.6. The highest BCUT2D eigenvalue weighted by molar-refractivity contribution is 6.39. The Morgan fingerprint density at radius 3 is 2.45 bits per heavy atom. The molecule has 1 heterocycles. The maximum Gasteiger partial charge on any atom is 0.335 e. The molecule has 0 aliphatic heterocycles. The molecule has 8 heteroatoms. The van der Waals surface area contributed by atoms with E-state index in [4.69, 9.17) is 44.1 Å². The molecule has 38 heavy (non-hydrogen) atoms. The number of hydrogen-bond donors (Lipinski definition) is 1. The van der Waals surface area contributed by atoms with Gasteiger partial charge >= 0.3 is 5.97 Å². The molecule has 6 rings (SSSR count). The second-order valence-corrected chi connectivity index (χ2v) is 11.2. The number of aromatic carboxylic acids is 1. The highest BCUT2D eigenvalue weighted by atomic mass is 35.5. The van der Waals surface area contributed by atoms with E-state index in [1.54, 1.807) is 30.3 Å². The number of fused-ring (bicyclic) bond motifs is 1. The molecular formula is C30H24Cl3NO4. The summed E-state index contributed by atoms with van der Waals surface area (Å²) in [6.45, 7) is 0.255.